The molecule has 4 aliphatic carbocycles. The normalized spacial score (nSPS) is 21.5. The van der Waals surface area contributed by atoms with Gasteiger partial charge in [0.15, 0.2) is 28.4 Å². The molecule has 150 heavy (non-hydrogen) atoms. The summed E-state index contributed by atoms with van der Waals surface area (Å²) in [5.74, 6) is -0.151. The summed E-state index contributed by atoms with van der Waals surface area (Å²) in [7, 11) is 6.29. The lowest BCUT2D eigenvalue weighted by Gasteiger charge is -2.26. The van der Waals surface area contributed by atoms with Crippen LogP contribution < -0.4 is 69.4 Å². The molecule has 812 valence electrons. The first-order valence-electron chi connectivity index (χ1n) is 50.3. The standard InChI is InChI=1S/C29H39N7O6.C24H31N7O4.C20H27ClN4O4.C13H15ClN4O4.C10H14N2O2.C6H13NO/c1-28(2,3)42-27(39)34(5)23-16-22(31-20-8-7-13-35(26(20)38)18-10-14-41-15-11-18)33-24-19(17-30-36(23)24)25(37)32-21-9-6-12-29(21,4)40;1-24(34)9-3-6-18(24)28-22(32)16-14-26-31-20(25-2)13-19(29-21(16)31)27-17-5-4-10-30(23(17)33)15-7-11-35-12-8-15;1-19(2,3)29-18(27)24(5)16-10-15(21)23-17-13(11-22-25(16)17)14(26)9-12-7-6-8-20(12,4)28;1-13(2,3)22-12(21)17(4)9-5-8(14)16-10-7(11(19)20)6-15-18(9)10;11-9-2-1-5-12(10(9)13)8-3-6-14-7-4-8;1-6(8)4-2-3-5(6)7/h7-8,13,16-18,21,40H,6,9-12,14-15H2,1-5H3,(H,31,33)(H,32,37);4-5,10,13-15,18,25,34H,3,6-9,11-12H2,1-2H3,(H,27,29)(H,28,32);10-12,28H,6-9H2,1-5H3;5-6H,1-4H3,(H,19,20);1-2,5,8H,3-4,6-7,11H2;5,8H,2-4,7H2,1H3/t21?,29-;18?,24-;12?,20-;;;5?,6-/m000..0/s1. The number of fused-ring (bicyclic) bond motifs is 4. The van der Waals surface area contributed by atoms with Crippen molar-refractivity contribution >= 4 is 140 Å². The van der Waals surface area contributed by atoms with Crippen molar-refractivity contribution in [3.8, 4) is 0 Å². The van der Waals surface area contributed by atoms with Crippen LogP contribution in [0.15, 0.2) is 118 Å². The number of carbonyl (C=O) groups is 7. The average molecular weight is 2120 g/mol. The monoisotopic (exact) mass is 2120 g/mol. The van der Waals surface area contributed by atoms with E-state index in [4.69, 9.17) is 68.2 Å². The lowest BCUT2D eigenvalue weighted by Crippen LogP contribution is -2.47. The van der Waals surface area contributed by atoms with Gasteiger partial charge in [0.05, 0.1) is 70.5 Å². The number of ketones is 1. The lowest BCUT2D eigenvalue weighted by atomic mass is 9.87. The molecule has 7 fully saturated rings. The second-order valence-electron chi connectivity index (χ2n) is 42.5. The Labute approximate surface area is 876 Å². The quantitative estimate of drug-likeness (QED) is 0.0203. The van der Waals surface area contributed by atoms with Gasteiger partial charge in [0.1, 0.15) is 90.1 Å². The third-order valence-electron chi connectivity index (χ3n) is 27.3. The number of hydrogen-bond acceptors (Lipinski definition) is 33. The summed E-state index contributed by atoms with van der Waals surface area (Å²) < 4.78 is 43.0. The second-order valence-corrected chi connectivity index (χ2v) is 43.2. The third kappa shape index (κ3) is 27.9. The molecule has 8 atom stereocenters. The molecule has 4 saturated carbocycles. The maximum Gasteiger partial charge on any atom is 0.415 e. The molecule has 0 bridgehead atoms. The maximum atomic E-state index is 13.4. The number of amides is 5. The van der Waals surface area contributed by atoms with Gasteiger partial charge in [-0.25, -0.2) is 39.1 Å². The van der Waals surface area contributed by atoms with Gasteiger partial charge in [-0.15, -0.1) is 0 Å². The summed E-state index contributed by atoms with van der Waals surface area (Å²) in [6.07, 6.45) is 23.6. The van der Waals surface area contributed by atoms with Crippen LogP contribution in [0.5, 0.6) is 0 Å². The number of carboxylic acid groups (broad SMARTS) is 1. The molecule has 3 aliphatic heterocycles. The number of aliphatic hydroxyl groups is 4. The van der Waals surface area contributed by atoms with Crippen molar-refractivity contribution in [1.82, 2.24) is 82.7 Å². The van der Waals surface area contributed by atoms with Crippen LogP contribution in [-0.2, 0) is 28.4 Å². The number of carboxylic acids is 1. The van der Waals surface area contributed by atoms with Crippen molar-refractivity contribution in [2.24, 2.45) is 11.7 Å². The van der Waals surface area contributed by atoms with Crippen LogP contribution >= 0.6 is 23.2 Å². The number of hydrogen-bond donors (Lipinski definition) is 12. The van der Waals surface area contributed by atoms with Gasteiger partial charge in [-0.2, -0.15) is 38.5 Å². The van der Waals surface area contributed by atoms with Crippen molar-refractivity contribution < 1.29 is 87.5 Å². The number of rotatable bonds is 19. The lowest BCUT2D eigenvalue weighted by molar-refractivity contribution is 0.0181. The Balaban J connectivity index is 0.000000158. The van der Waals surface area contributed by atoms with Gasteiger partial charge in [0.2, 0.25) is 0 Å². The first-order valence-corrected chi connectivity index (χ1v) is 51.0. The number of ether oxygens (including phenoxy) is 6. The summed E-state index contributed by atoms with van der Waals surface area (Å²) in [4.78, 5) is 148. The molecule has 48 heteroatoms. The summed E-state index contributed by atoms with van der Waals surface area (Å²) in [5.41, 5.74) is 7.73. The highest BCUT2D eigenvalue weighted by Gasteiger charge is 2.43. The topological polar surface area (TPSA) is 585 Å². The molecule has 0 aromatic carbocycles. The van der Waals surface area contributed by atoms with Crippen LogP contribution in [0.1, 0.15) is 272 Å². The van der Waals surface area contributed by atoms with E-state index in [9.17, 15) is 68.4 Å². The molecule has 11 aromatic rings. The minimum absolute atomic E-state index is 0.0162. The van der Waals surface area contributed by atoms with Gasteiger partial charge in [-0.3, -0.25) is 43.5 Å². The molecule has 14 N–H and O–H groups in total. The first kappa shape index (κ1) is 114. The smallest absolute Gasteiger partial charge is 0.415 e. The van der Waals surface area contributed by atoms with Crippen molar-refractivity contribution in [3.63, 3.8) is 0 Å². The number of carbonyl (C=O) groups excluding carboxylic acids is 6. The molecule has 18 rings (SSSR count). The highest BCUT2D eigenvalue weighted by atomic mass is 35.5. The van der Waals surface area contributed by atoms with E-state index in [0.29, 0.717) is 110 Å². The van der Waals surface area contributed by atoms with Crippen LogP contribution in [0.4, 0.5) is 66.4 Å². The molecule has 3 saturated heterocycles. The second kappa shape index (κ2) is 47.5. The van der Waals surface area contributed by atoms with E-state index in [2.05, 4.69) is 66.9 Å². The van der Waals surface area contributed by atoms with Crippen molar-refractivity contribution in [3.05, 3.63) is 168 Å². The Bertz CT molecular complexity index is 6890. The Morgan fingerprint density at radius 3 is 1.17 bits per heavy atom. The Hall–Kier alpha value is -13.3. The zero-order chi connectivity index (χ0) is 109. The first-order chi connectivity index (χ1) is 70.6. The number of Topliss-reactive ketones (excluding diaryl/α,β-unsaturated/α-hetero) is 1. The highest BCUT2D eigenvalue weighted by molar-refractivity contribution is 6.30. The number of nitrogens with two attached hydrogens (primary N) is 2. The van der Waals surface area contributed by atoms with E-state index >= 15 is 0 Å². The zero-order valence-corrected chi connectivity index (χ0v) is 89.3. The molecule has 11 aromatic heterocycles. The molecule has 5 amide bonds. The van der Waals surface area contributed by atoms with Crippen LogP contribution in [0, 0.1) is 5.92 Å². The summed E-state index contributed by atoms with van der Waals surface area (Å²) in [6.45, 7) is 26.8. The molecule has 4 unspecified atom stereocenters. The summed E-state index contributed by atoms with van der Waals surface area (Å²) >= 11 is 12.1. The van der Waals surface area contributed by atoms with Gasteiger partial charge >= 0.3 is 24.2 Å². The number of nitrogens with zero attached hydrogens (tertiary/aromatic N) is 18. The Kier molecular flexibility index (Phi) is 36.0. The minimum atomic E-state index is -1.18. The van der Waals surface area contributed by atoms with Crippen LogP contribution in [0.25, 0.3) is 22.6 Å². The highest BCUT2D eigenvalue weighted by Crippen LogP contribution is 2.40. The number of pyridine rings is 3. The predicted molar refractivity (Wildman–Crippen MR) is 564 cm³/mol. The van der Waals surface area contributed by atoms with Crippen molar-refractivity contribution in [2.75, 3.05) is 104 Å². The van der Waals surface area contributed by atoms with Gasteiger partial charge < -0.3 is 106 Å². The van der Waals surface area contributed by atoms with Gasteiger partial charge in [0.25, 0.3) is 28.5 Å². The summed E-state index contributed by atoms with van der Waals surface area (Å²) in [5, 5.41) is 82.3. The molecule has 14 heterocycles. The Morgan fingerprint density at radius 2 is 0.807 bits per heavy atom. The van der Waals surface area contributed by atoms with Crippen LogP contribution in [0.3, 0.4) is 0 Å². The maximum absolute atomic E-state index is 13.4. The van der Waals surface area contributed by atoms with Gasteiger partial charge in [0, 0.05) is 141 Å². The molecular formula is C102H139Cl2N25O21. The Morgan fingerprint density at radius 1 is 0.460 bits per heavy atom. The fraction of sp³-hybridized carbons (Fsp3) is 0.549. The SMILES string of the molecule is CN(C(=O)OC(C)(C)C)c1cc(Cl)nc2c(C(=O)CC3CCC[C@]3(C)O)cnn12.CN(C(=O)OC(C)(C)C)c1cc(Cl)nc2c(C(=O)O)cnn12.CN(C(=O)OC(C)(C)C)c1cc(Nc2cccn(C3CCOCC3)c2=O)nc2c(C(=O)NC3CCC[C@]3(C)O)cnn12.CNc1cc(Nc2cccn(C3CCOCC3)c2=O)nc2c(C(=O)NC3CCC[C@]3(C)O)cnn12.C[C@]1(O)CCCC1N.Nc1cccn(C2CCOCC2)c1=O. The van der Waals surface area contributed by atoms with E-state index in [-0.39, 0.29) is 127 Å². The largest absolute Gasteiger partial charge is 0.477 e. The number of aromatic carboxylic acids is 1. The van der Waals surface area contributed by atoms with E-state index in [0.717, 1.165) is 103 Å². The molecule has 46 nitrogen and oxygen atoms in total. The number of anilines is 9. The predicted octanol–water partition coefficient (Wildman–Crippen LogP) is 12.8. The van der Waals surface area contributed by atoms with E-state index in [1.54, 1.807) is 159 Å². The van der Waals surface area contributed by atoms with Crippen molar-refractivity contribution in [2.45, 2.75) is 287 Å². The molecular weight excluding hydrogens is 1980 g/mol. The molecule has 0 spiro atoms. The van der Waals surface area contributed by atoms with Crippen molar-refractivity contribution in [1.29, 1.82) is 0 Å². The van der Waals surface area contributed by atoms with E-state index < -0.39 is 75.4 Å². The minimum Gasteiger partial charge on any atom is -0.477 e. The summed E-state index contributed by atoms with van der Waals surface area (Å²) in [6, 6.07) is 16.3. The van der Waals surface area contributed by atoms with Crippen LogP contribution in [-0.4, -0.2) is 265 Å². The van der Waals surface area contributed by atoms with E-state index in [1.807, 2.05) is 19.1 Å². The number of aromatic nitrogens is 15. The molecule has 7 aliphatic rings. The zero-order valence-electron chi connectivity index (χ0n) is 87.8. The fourth-order valence-electron chi connectivity index (χ4n) is 18.8. The number of halogens is 2. The number of nitrogens with one attached hydrogen (secondary N) is 5. The van der Waals surface area contributed by atoms with Crippen LogP contribution in [0.2, 0.25) is 10.3 Å². The van der Waals surface area contributed by atoms with Gasteiger partial charge in [-0.1, -0.05) is 29.6 Å². The molecule has 0 radical (unpaired) electrons. The van der Waals surface area contributed by atoms with E-state index in [1.165, 1.54) is 84.6 Å². The fourth-order valence-corrected chi connectivity index (χ4v) is 19.1. The van der Waals surface area contributed by atoms with Gasteiger partial charge in [-0.05, 0) is 241 Å². The average Bonchev–Trinajstić information content (AvgIpc) is 1.60. The third-order valence-corrected chi connectivity index (χ3v) is 27.7. The number of nitrogen functional groups attached to an aromatic ring is 1.